The third-order valence-electron chi connectivity index (χ3n) is 1.52. The standard InChI is InChI=1S/C9H6Cl2N2O2/c10-5-15-9(14)13-7-2-1-6(4-12)8(11)3-7/h1-3H,5H2,(H,13,14). The van der Waals surface area contributed by atoms with E-state index in [1.54, 1.807) is 6.07 Å². The summed E-state index contributed by atoms with van der Waals surface area (Å²) in [7, 11) is 0. The highest BCUT2D eigenvalue weighted by Gasteiger charge is 2.04. The number of benzene rings is 1. The Balaban J connectivity index is 2.76. The van der Waals surface area contributed by atoms with Gasteiger partial charge in [-0.1, -0.05) is 23.2 Å². The molecule has 0 unspecified atom stereocenters. The van der Waals surface area contributed by atoms with E-state index in [1.807, 2.05) is 6.07 Å². The van der Waals surface area contributed by atoms with Crippen molar-refractivity contribution in [3.8, 4) is 6.07 Å². The Kier molecular flexibility index (Phi) is 4.22. The molecule has 0 radical (unpaired) electrons. The number of amides is 1. The molecule has 0 bridgehead atoms. The highest BCUT2D eigenvalue weighted by molar-refractivity contribution is 6.32. The van der Waals surface area contributed by atoms with Crippen LogP contribution < -0.4 is 5.32 Å². The Bertz CT molecular complexity index is 415. The fourth-order valence-electron chi connectivity index (χ4n) is 0.887. The largest absolute Gasteiger partial charge is 0.433 e. The monoisotopic (exact) mass is 244 g/mol. The molecule has 0 saturated carbocycles. The SMILES string of the molecule is N#Cc1ccc(NC(=O)OCCl)cc1Cl. The minimum Gasteiger partial charge on any atom is -0.433 e. The van der Waals surface area contributed by atoms with Crippen molar-refractivity contribution in [2.75, 3.05) is 11.4 Å². The zero-order chi connectivity index (χ0) is 11.3. The van der Waals surface area contributed by atoms with Crippen LogP contribution in [0.15, 0.2) is 18.2 Å². The summed E-state index contributed by atoms with van der Waals surface area (Å²) in [5, 5.41) is 11.3. The van der Waals surface area contributed by atoms with Crippen LogP contribution in [0, 0.1) is 11.3 Å². The second-order valence-corrected chi connectivity index (χ2v) is 3.10. The van der Waals surface area contributed by atoms with E-state index in [4.69, 9.17) is 28.5 Å². The van der Waals surface area contributed by atoms with Gasteiger partial charge < -0.3 is 4.74 Å². The van der Waals surface area contributed by atoms with Crippen LogP contribution in [-0.2, 0) is 4.74 Å². The summed E-state index contributed by atoms with van der Waals surface area (Å²) >= 11 is 10.9. The number of carbonyl (C=O) groups excluding carboxylic acids is 1. The normalized spacial score (nSPS) is 9.13. The van der Waals surface area contributed by atoms with Gasteiger partial charge in [0.15, 0.2) is 6.07 Å². The molecule has 78 valence electrons. The van der Waals surface area contributed by atoms with Crippen LogP contribution >= 0.6 is 23.2 Å². The molecule has 6 heteroatoms. The first-order valence-corrected chi connectivity index (χ1v) is 4.78. The maximum absolute atomic E-state index is 11.0. The highest BCUT2D eigenvalue weighted by atomic mass is 35.5. The second-order valence-electron chi connectivity index (χ2n) is 2.47. The number of carbonyl (C=O) groups is 1. The number of nitriles is 1. The Morgan fingerprint density at radius 2 is 2.33 bits per heavy atom. The maximum atomic E-state index is 11.0. The molecule has 4 nitrogen and oxygen atoms in total. The molecular formula is C9H6Cl2N2O2. The van der Waals surface area contributed by atoms with Gasteiger partial charge in [0.2, 0.25) is 0 Å². The summed E-state index contributed by atoms with van der Waals surface area (Å²) in [5.41, 5.74) is 0.780. The number of rotatable bonds is 2. The molecule has 0 fully saturated rings. The molecule has 0 spiro atoms. The van der Waals surface area contributed by atoms with Crippen molar-refractivity contribution in [3.63, 3.8) is 0 Å². The van der Waals surface area contributed by atoms with Gasteiger partial charge in [-0.15, -0.1) is 0 Å². The van der Waals surface area contributed by atoms with Gasteiger partial charge in [0.05, 0.1) is 10.6 Å². The Morgan fingerprint density at radius 3 is 2.87 bits per heavy atom. The average molecular weight is 245 g/mol. The summed E-state index contributed by atoms with van der Waals surface area (Å²) < 4.78 is 4.45. The summed E-state index contributed by atoms with van der Waals surface area (Å²) in [6, 6.07) is 6.17. The number of ether oxygens (including phenoxy) is 1. The molecule has 0 heterocycles. The van der Waals surface area contributed by atoms with E-state index in [0.29, 0.717) is 11.3 Å². The minimum atomic E-state index is -0.675. The van der Waals surface area contributed by atoms with Crippen molar-refractivity contribution in [1.29, 1.82) is 5.26 Å². The van der Waals surface area contributed by atoms with Crippen molar-refractivity contribution in [2.24, 2.45) is 0 Å². The van der Waals surface area contributed by atoms with E-state index in [1.165, 1.54) is 12.1 Å². The molecule has 0 aromatic heterocycles. The second kappa shape index (κ2) is 5.44. The Hall–Kier alpha value is -1.44. The molecule has 1 rings (SSSR count). The summed E-state index contributed by atoms with van der Waals surface area (Å²) in [6.45, 7) is 0. The van der Waals surface area contributed by atoms with Crippen LogP contribution in [0.1, 0.15) is 5.56 Å². The molecule has 0 aliphatic rings. The third kappa shape index (κ3) is 3.31. The first-order chi connectivity index (χ1) is 7.17. The molecule has 0 saturated heterocycles. The van der Waals surface area contributed by atoms with E-state index < -0.39 is 6.09 Å². The quantitative estimate of drug-likeness (QED) is 0.814. The lowest BCUT2D eigenvalue weighted by molar-refractivity contribution is 0.180. The number of nitrogens with zero attached hydrogens (tertiary/aromatic N) is 1. The molecular weight excluding hydrogens is 239 g/mol. The predicted octanol–water partition coefficient (Wildman–Crippen LogP) is 2.96. The molecule has 1 amide bonds. The molecule has 0 aliphatic heterocycles. The first-order valence-electron chi connectivity index (χ1n) is 3.86. The van der Waals surface area contributed by atoms with Crippen molar-refractivity contribution >= 4 is 35.0 Å². The van der Waals surface area contributed by atoms with E-state index in [9.17, 15) is 4.79 Å². The zero-order valence-corrected chi connectivity index (χ0v) is 8.97. The zero-order valence-electron chi connectivity index (χ0n) is 7.46. The fourth-order valence-corrected chi connectivity index (χ4v) is 1.21. The molecule has 0 aliphatic carbocycles. The Labute approximate surface area is 96.4 Å². The summed E-state index contributed by atoms with van der Waals surface area (Å²) in [6.07, 6.45) is -0.675. The lowest BCUT2D eigenvalue weighted by Crippen LogP contribution is -2.12. The van der Waals surface area contributed by atoms with Gasteiger partial charge in [0.25, 0.3) is 0 Å². The van der Waals surface area contributed by atoms with Gasteiger partial charge in [0, 0.05) is 5.69 Å². The van der Waals surface area contributed by atoms with Crippen molar-refractivity contribution in [2.45, 2.75) is 0 Å². The van der Waals surface area contributed by atoms with E-state index >= 15 is 0 Å². The van der Waals surface area contributed by atoms with E-state index in [0.717, 1.165) is 0 Å². The molecule has 15 heavy (non-hydrogen) atoms. The number of alkyl halides is 1. The third-order valence-corrected chi connectivity index (χ3v) is 1.94. The Morgan fingerprint density at radius 1 is 1.60 bits per heavy atom. The van der Waals surface area contributed by atoms with Crippen molar-refractivity contribution in [3.05, 3.63) is 28.8 Å². The molecule has 1 N–H and O–H groups in total. The lowest BCUT2D eigenvalue weighted by atomic mass is 10.2. The lowest BCUT2D eigenvalue weighted by Gasteiger charge is -2.04. The molecule has 1 aromatic rings. The number of anilines is 1. The molecule has 0 atom stereocenters. The van der Waals surface area contributed by atoms with Crippen molar-refractivity contribution in [1.82, 2.24) is 0 Å². The van der Waals surface area contributed by atoms with Crippen LogP contribution in [0.5, 0.6) is 0 Å². The maximum Gasteiger partial charge on any atom is 0.412 e. The number of hydrogen-bond acceptors (Lipinski definition) is 3. The minimum absolute atomic E-state index is 0.226. The van der Waals surface area contributed by atoms with Crippen molar-refractivity contribution < 1.29 is 9.53 Å². The van der Waals surface area contributed by atoms with Gasteiger partial charge in [-0.25, -0.2) is 4.79 Å². The predicted molar refractivity (Wildman–Crippen MR) is 57.0 cm³/mol. The summed E-state index contributed by atoms with van der Waals surface area (Å²) in [5.74, 6) is 0. The topological polar surface area (TPSA) is 62.1 Å². The van der Waals surface area contributed by atoms with Crippen LogP contribution in [0.25, 0.3) is 0 Å². The van der Waals surface area contributed by atoms with Gasteiger partial charge in [-0.05, 0) is 18.2 Å². The van der Waals surface area contributed by atoms with Gasteiger partial charge in [-0.3, -0.25) is 5.32 Å². The van der Waals surface area contributed by atoms with Crippen LogP contribution in [-0.4, -0.2) is 12.2 Å². The highest BCUT2D eigenvalue weighted by Crippen LogP contribution is 2.20. The summed E-state index contributed by atoms with van der Waals surface area (Å²) in [4.78, 5) is 11.0. The number of nitrogens with one attached hydrogen (secondary N) is 1. The number of hydrogen-bond donors (Lipinski definition) is 1. The van der Waals surface area contributed by atoms with Gasteiger partial charge in [-0.2, -0.15) is 5.26 Å². The van der Waals surface area contributed by atoms with Gasteiger partial charge >= 0.3 is 6.09 Å². The first kappa shape index (κ1) is 11.6. The van der Waals surface area contributed by atoms with Crippen LogP contribution in [0.2, 0.25) is 5.02 Å². The van der Waals surface area contributed by atoms with Crippen LogP contribution in [0.3, 0.4) is 0 Å². The molecule has 1 aromatic carbocycles. The van der Waals surface area contributed by atoms with Gasteiger partial charge in [0.1, 0.15) is 6.07 Å². The average Bonchev–Trinajstić information content (AvgIpc) is 2.18. The number of halogens is 2. The fraction of sp³-hybridized carbons (Fsp3) is 0.111. The van der Waals surface area contributed by atoms with Crippen LogP contribution in [0.4, 0.5) is 10.5 Å². The van der Waals surface area contributed by atoms with E-state index in [2.05, 4.69) is 10.1 Å². The van der Waals surface area contributed by atoms with E-state index in [-0.39, 0.29) is 11.1 Å². The smallest absolute Gasteiger partial charge is 0.412 e.